The van der Waals surface area contributed by atoms with Crippen molar-refractivity contribution in [2.45, 2.75) is 39.7 Å². The fraction of sp³-hybridized carbons (Fsp3) is 0.562. The summed E-state index contributed by atoms with van der Waals surface area (Å²) in [7, 11) is 0. The number of rotatable bonds is 3. The maximum absolute atomic E-state index is 12.2. The molecule has 0 spiro atoms. The van der Waals surface area contributed by atoms with E-state index in [4.69, 9.17) is 5.73 Å². The lowest BCUT2D eigenvalue weighted by Crippen LogP contribution is -2.45. The lowest BCUT2D eigenvalue weighted by Gasteiger charge is -2.36. The topological polar surface area (TPSA) is 58.4 Å². The second-order valence-corrected chi connectivity index (χ2v) is 6.08. The van der Waals surface area contributed by atoms with Crippen LogP contribution in [0.4, 0.5) is 11.4 Å². The molecule has 1 aromatic carbocycles. The second kappa shape index (κ2) is 6.27. The SMILES string of the molecule is Cc1cc(N)ccc1NC(=O)CN1CC(C)CCC1C. The lowest BCUT2D eigenvalue weighted by atomic mass is 9.95. The first-order valence-corrected chi connectivity index (χ1v) is 7.35. The van der Waals surface area contributed by atoms with E-state index in [1.807, 2.05) is 25.1 Å². The molecule has 110 valence electrons. The third kappa shape index (κ3) is 3.73. The molecule has 20 heavy (non-hydrogen) atoms. The molecule has 4 heteroatoms. The largest absolute Gasteiger partial charge is 0.399 e. The zero-order chi connectivity index (χ0) is 14.7. The Morgan fingerprint density at radius 1 is 1.40 bits per heavy atom. The van der Waals surface area contributed by atoms with E-state index in [1.165, 1.54) is 12.8 Å². The summed E-state index contributed by atoms with van der Waals surface area (Å²) in [6.07, 6.45) is 2.44. The van der Waals surface area contributed by atoms with E-state index in [9.17, 15) is 4.79 Å². The Kier molecular flexibility index (Phi) is 4.65. The molecule has 1 fully saturated rings. The number of likely N-dealkylation sites (tertiary alicyclic amines) is 1. The molecule has 1 saturated heterocycles. The van der Waals surface area contributed by atoms with E-state index in [0.717, 1.165) is 23.5 Å². The van der Waals surface area contributed by atoms with Gasteiger partial charge < -0.3 is 11.1 Å². The molecule has 0 bridgehead atoms. The van der Waals surface area contributed by atoms with Gasteiger partial charge in [-0.15, -0.1) is 0 Å². The van der Waals surface area contributed by atoms with Crippen molar-refractivity contribution in [3.63, 3.8) is 0 Å². The lowest BCUT2D eigenvalue weighted by molar-refractivity contribution is -0.118. The zero-order valence-corrected chi connectivity index (χ0v) is 12.6. The van der Waals surface area contributed by atoms with Crippen LogP contribution in [0.5, 0.6) is 0 Å². The first kappa shape index (κ1) is 14.9. The highest BCUT2D eigenvalue weighted by Crippen LogP contribution is 2.22. The van der Waals surface area contributed by atoms with Gasteiger partial charge in [-0.1, -0.05) is 6.92 Å². The van der Waals surface area contributed by atoms with Crippen LogP contribution < -0.4 is 11.1 Å². The predicted octanol–water partition coefficient (Wildman–Crippen LogP) is 2.64. The fourth-order valence-corrected chi connectivity index (χ4v) is 2.80. The number of hydrogen-bond donors (Lipinski definition) is 2. The first-order chi connectivity index (χ1) is 9.45. The summed E-state index contributed by atoms with van der Waals surface area (Å²) in [5.74, 6) is 0.732. The van der Waals surface area contributed by atoms with E-state index in [-0.39, 0.29) is 5.91 Å². The number of nitrogens with zero attached hydrogens (tertiary/aromatic N) is 1. The Balaban J connectivity index is 1.94. The third-order valence-electron chi connectivity index (χ3n) is 4.12. The first-order valence-electron chi connectivity index (χ1n) is 7.35. The molecule has 0 aromatic heterocycles. The van der Waals surface area contributed by atoms with Crippen LogP contribution in [-0.2, 0) is 4.79 Å². The molecule has 1 aliphatic rings. The highest BCUT2D eigenvalue weighted by Gasteiger charge is 2.24. The smallest absolute Gasteiger partial charge is 0.238 e. The Hall–Kier alpha value is -1.55. The van der Waals surface area contributed by atoms with Gasteiger partial charge in [-0.25, -0.2) is 0 Å². The fourth-order valence-electron chi connectivity index (χ4n) is 2.80. The maximum atomic E-state index is 12.2. The summed E-state index contributed by atoms with van der Waals surface area (Å²) in [5.41, 5.74) is 8.29. The standard InChI is InChI=1S/C16H25N3O/c1-11-4-5-13(3)19(9-11)10-16(20)18-15-7-6-14(17)8-12(15)2/h6-8,11,13H,4-5,9-10,17H2,1-3H3,(H,18,20). The Morgan fingerprint density at radius 2 is 2.15 bits per heavy atom. The minimum atomic E-state index is 0.0545. The summed E-state index contributed by atoms with van der Waals surface area (Å²) in [5, 5.41) is 2.98. The van der Waals surface area contributed by atoms with E-state index < -0.39 is 0 Å². The molecule has 1 aromatic rings. The van der Waals surface area contributed by atoms with Crippen molar-refractivity contribution in [1.29, 1.82) is 0 Å². The van der Waals surface area contributed by atoms with Crippen LogP contribution >= 0.6 is 0 Å². The van der Waals surface area contributed by atoms with E-state index in [0.29, 0.717) is 18.5 Å². The molecule has 0 aliphatic carbocycles. The van der Waals surface area contributed by atoms with Crippen molar-refractivity contribution >= 4 is 17.3 Å². The summed E-state index contributed by atoms with van der Waals surface area (Å²) < 4.78 is 0. The van der Waals surface area contributed by atoms with Crippen LogP contribution in [0.2, 0.25) is 0 Å². The molecule has 3 N–H and O–H groups in total. The summed E-state index contributed by atoms with van der Waals surface area (Å²) in [6, 6.07) is 6.05. The second-order valence-electron chi connectivity index (χ2n) is 6.08. The Morgan fingerprint density at radius 3 is 2.85 bits per heavy atom. The quantitative estimate of drug-likeness (QED) is 0.834. The van der Waals surface area contributed by atoms with Crippen LogP contribution in [0.15, 0.2) is 18.2 Å². The van der Waals surface area contributed by atoms with E-state index in [1.54, 1.807) is 0 Å². The molecule has 1 aliphatic heterocycles. The van der Waals surface area contributed by atoms with Crippen molar-refractivity contribution in [2.75, 3.05) is 24.1 Å². The van der Waals surface area contributed by atoms with Crippen molar-refractivity contribution in [1.82, 2.24) is 4.90 Å². The molecule has 2 rings (SSSR count). The van der Waals surface area contributed by atoms with Gasteiger partial charge in [-0.2, -0.15) is 0 Å². The van der Waals surface area contributed by atoms with Crippen LogP contribution in [0.25, 0.3) is 0 Å². The summed E-state index contributed by atoms with van der Waals surface area (Å²) in [6.45, 7) is 7.89. The molecule has 2 unspecified atom stereocenters. The molecule has 1 amide bonds. The highest BCUT2D eigenvalue weighted by molar-refractivity contribution is 5.93. The van der Waals surface area contributed by atoms with Crippen LogP contribution in [-0.4, -0.2) is 29.9 Å². The summed E-state index contributed by atoms with van der Waals surface area (Å²) in [4.78, 5) is 14.5. The number of anilines is 2. The minimum Gasteiger partial charge on any atom is -0.399 e. The molecular formula is C16H25N3O. The molecule has 1 heterocycles. The zero-order valence-electron chi connectivity index (χ0n) is 12.6. The number of nitrogens with two attached hydrogens (primary N) is 1. The van der Waals surface area contributed by atoms with Crippen molar-refractivity contribution < 1.29 is 4.79 Å². The van der Waals surface area contributed by atoms with Gasteiger partial charge in [0.15, 0.2) is 0 Å². The highest BCUT2D eigenvalue weighted by atomic mass is 16.2. The van der Waals surface area contributed by atoms with Crippen LogP contribution in [0, 0.1) is 12.8 Å². The van der Waals surface area contributed by atoms with Crippen molar-refractivity contribution in [3.8, 4) is 0 Å². The van der Waals surface area contributed by atoms with Crippen molar-refractivity contribution in [2.24, 2.45) is 5.92 Å². The third-order valence-corrected chi connectivity index (χ3v) is 4.12. The number of carbonyl (C=O) groups is 1. The van der Waals surface area contributed by atoms with Gasteiger partial charge in [0.1, 0.15) is 0 Å². The van der Waals surface area contributed by atoms with Gasteiger partial charge in [0.25, 0.3) is 0 Å². The van der Waals surface area contributed by atoms with Crippen molar-refractivity contribution in [3.05, 3.63) is 23.8 Å². The number of nitrogens with one attached hydrogen (secondary N) is 1. The van der Waals surface area contributed by atoms with Gasteiger partial charge in [0, 0.05) is 24.0 Å². The van der Waals surface area contributed by atoms with Gasteiger partial charge in [0.05, 0.1) is 6.54 Å². The van der Waals surface area contributed by atoms with Gasteiger partial charge in [-0.3, -0.25) is 9.69 Å². The number of amides is 1. The number of aryl methyl sites for hydroxylation is 1. The molecule has 4 nitrogen and oxygen atoms in total. The van der Waals surface area contributed by atoms with E-state index >= 15 is 0 Å². The number of benzene rings is 1. The van der Waals surface area contributed by atoms with Gasteiger partial charge in [-0.05, 0) is 56.4 Å². The summed E-state index contributed by atoms with van der Waals surface area (Å²) >= 11 is 0. The molecule has 2 atom stereocenters. The number of nitrogen functional groups attached to an aromatic ring is 1. The normalized spacial score (nSPS) is 23.6. The molecule has 0 radical (unpaired) electrons. The number of piperidine rings is 1. The molecular weight excluding hydrogens is 250 g/mol. The monoisotopic (exact) mass is 275 g/mol. The van der Waals surface area contributed by atoms with Gasteiger partial charge in [0.2, 0.25) is 5.91 Å². The number of hydrogen-bond acceptors (Lipinski definition) is 3. The van der Waals surface area contributed by atoms with E-state index in [2.05, 4.69) is 24.1 Å². The average Bonchev–Trinajstić information content (AvgIpc) is 2.37. The Labute approximate surface area is 121 Å². The number of carbonyl (C=O) groups excluding carboxylic acids is 1. The van der Waals surface area contributed by atoms with Gasteiger partial charge >= 0.3 is 0 Å². The molecule has 0 saturated carbocycles. The van der Waals surface area contributed by atoms with Crippen LogP contribution in [0.3, 0.4) is 0 Å². The average molecular weight is 275 g/mol. The Bertz CT molecular complexity index is 487. The predicted molar refractivity (Wildman–Crippen MR) is 83.7 cm³/mol. The maximum Gasteiger partial charge on any atom is 0.238 e. The van der Waals surface area contributed by atoms with Crippen LogP contribution in [0.1, 0.15) is 32.3 Å². The minimum absolute atomic E-state index is 0.0545.